The average molecular weight is 298 g/mol. The number of hydrogen-bond donors (Lipinski definition) is 2. The molecule has 2 aromatic carbocycles. The molecule has 1 unspecified atom stereocenters. The standard InChI is InChI=1S/C18H22N2O2/c1-20(2)13-14-7-6-10-16(11-14)19-18(22)12-17(21)15-8-4-3-5-9-15/h3-11,17,21H,12-13H2,1-2H3,(H,19,22). The predicted molar refractivity (Wildman–Crippen MR) is 88.5 cm³/mol. The monoisotopic (exact) mass is 298 g/mol. The van der Waals surface area contributed by atoms with Gasteiger partial charge >= 0.3 is 0 Å². The number of aliphatic hydroxyl groups is 1. The minimum atomic E-state index is -0.786. The molecule has 0 radical (unpaired) electrons. The molecule has 2 aromatic rings. The highest BCUT2D eigenvalue weighted by molar-refractivity contribution is 5.91. The molecule has 0 saturated carbocycles. The van der Waals surface area contributed by atoms with Gasteiger partial charge < -0.3 is 15.3 Å². The van der Waals surface area contributed by atoms with Gasteiger partial charge in [0, 0.05) is 12.2 Å². The van der Waals surface area contributed by atoms with E-state index in [-0.39, 0.29) is 12.3 Å². The molecule has 0 heterocycles. The van der Waals surface area contributed by atoms with E-state index in [1.165, 1.54) is 0 Å². The Hall–Kier alpha value is -2.17. The van der Waals surface area contributed by atoms with Crippen LogP contribution < -0.4 is 5.32 Å². The van der Waals surface area contributed by atoms with Crippen LogP contribution in [-0.2, 0) is 11.3 Å². The van der Waals surface area contributed by atoms with Gasteiger partial charge in [-0.3, -0.25) is 4.79 Å². The zero-order valence-corrected chi connectivity index (χ0v) is 13.0. The van der Waals surface area contributed by atoms with E-state index in [2.05, 4.69) is 10.2 Å². The first-order valence-corrected chi connectivity index (χ1v) is 7.31. The summed E-state index contributed by atoms with van der Waals surface area (Å²) in [7, 11) is 4.00. The molecule has 4 nitrogen and oxygen atoms in total. The van der Waals surface area contributed by atoms with E-state index in [9.17, 15) is 9.90 Å². The largest absolute Gasteiger partial charge is 0.388 e. The zero-order valence-electron chi connectivity index (χ0n) is 13.0. The number of nitrogens with one attached hydrogen (secondary N) is 1. The van der Waals surface area contributed by atoms with Crippen molar-refractivity contribution in [2.45, 2.75) is 19.1 Å². The highest BCUT2D eigenvalue weighted by atomic mass is 16.3. The molecule has 1 amide bonds. The van der Waals surface area contributed by atoms with Crippen LogP contribution in [0.25, 0.3) is 0 Å². The van der Waals surface area contributed by atoms with Gasteiger partial charge in [-0.1, -0.05) is 42.5 Å². The van der Waals surface area contributed by atoms with E-state index < -0.39 is 6.10 Å². The Balaban J connectivity index is 1.94. The normalized spacial score (nSPS) is 12.2. The van der Waals surface area contributed by atoms with Crippen LogP contribution in [0.15, 0.2) is 54.6 Å². The summed E-state index contributed by atoms with van der Waals surface area (Å²) in [5.41, 5.74) is 2.63. The Morgan fingerprint density at radius 2 is 1.86 bits per heavy atom. The van der Waals surface area contributed by atoms with E-state index in [1.54, 1.807) is 0 Å². The summed E-state index contributed by atoms with van der Waals surface area (Å²) in [4.78, 5) is 14.1. The van der Waals surface area contributed by atoms with Crippen molar-refractivity contribution in [2.24, 2.45) is 0 Å². The van der Waals surface area contributed by atoms with Crippen molar-refractivity contribution < 1.29 is 9.90 Å². The molecular weight excluding hydrogens is 276 g/mol. The smallest absolute Gasteiger partial charge is 0.227 e. The highest BCUT2D eigenvalue weighted by Crippen LogP contribution is 2.18. The molecule has 0 saturated heterocycles. The second-order valence-corrected chi connectivity index (χ2v) is 5.62. The summed E-state index contributed by atoms with van der Waals surface area (Å²) in [6, 6.07) is 17.0. The molecule has 0 aliphatic heterocycles. The number of nitrogens with zero attached hydrogens (tertiary/aromatic N) is 1. The van der Waals surface area contributed by atoms with Crippen molar-refractivity contribution >= 4 is 11.6 Å². The summed E-state index contributed by atoms with van der Waals surface area (Å²) in [5, 5.41) is 12.9. The zero-order chi connectivity index (χ0) is 15.9. The molecule has 1 atom stereocenters. The lowest BCUT2D eigenvalue weighted by Crippen LogP contribution is -2.16. The quantitative estimate of drug-likeness (QED) is 0.862. The van der Waals surface area contributed by atoms with Crippen LogP contribution >= 0.6 is 0 Å². The lowest BCUT2D eigenvalue weighted by Gasteiger charge is -2.13. The molecule has 2 N–H and O–H groups in total. The van der Waals surface area contributed by atoms with Gasteiger partial charge in [0.05, 0.1) is 12.5 Å². The number of benzene rings is 2. The van der Waals surface area contributed by atoms with E-state index in [4.69, 9.17) is 0 Å². The fourth-order valence-electron chi connectivity index (χ4n) is 2.29. The van der Waals surface area contributed by atoms with Gasteiger partial charge in [-0.15, -0.1) is 0 Å². The second-order valence-electron chi connectivity index (χ2n) is 5.62. The van der Waals surface area contributed by atoms with Gasteiger partial charge in [0.25, 0.3) is 0 Å². The summed E-state index contributed by atoms with van der Waals surface area (Å²) < 4.78 is 0. The van der Waals surface area contributed by atoms with Crippen molar-refractivity contribution in [3.63, 3.8) is 0 Å². The Morgan fingerprint density at radius 1 is 1.14 bits per heavy atom. The minimum Gasteiger partial charge on any atom is -0.388 e. The summed E-state index contributed by atoms with van der Waals surface area (Å²) in [5.74, 6) is -0.196. The van der Waals surface area contributed by atoms with Gasteiger partial charge in [-0.2, -0.15) is 0 Å². The molecule has 0 bridgehead atoms. The number of hydrogen-bond acceptors (Lipinski definition) is 3. The predicted octanol–water partition coefficient (Wildman–Crippen LogP) is 2.81. The second kappa shape index (κ2) is 7.73. The van der Waals surface area contributed by atoms with Gasteiger partial charge in [0.15, 0.2) is 0 Å². The Kier molecular flexibility index (Phi) is 5.69. The van der Waals surface area contributed by atoms with Crippen LogP contribution in [0.1, 0.15) is 23.7 Å². The average Bonchev–Trinajstić information content (AvgIpc) is 2.47. The van der Waals surface area contributed by atoms with Crippen LogP contribution in [0.3, 0.4) is 0 Å². The molecule has 116 valence electrons. The highest BCUT2D eigenvalue weighted by Gasteiger charge is 2.13. The topological polar surface area (TPSA) is 52.6 Å². The first-order chi connectivity index (χ1) is 10.5. The van der Waals surface area contributed by atoms with Crippen molar-refractivity contribution in [1.82, 2.24) is 4.90 Å². The Bertz CT molecular complexity index is 611. The molecule has 2 rings (SSSR count). The van der Waals surface area contributed by atoms with Crippen molar-refractivity contribution in [3.05, 3.63) is 65.7 Å². The maximum atomic E-state index is 12.0. The molecule has 22 heavy (non-hydrogen) atoms. The molecule has 0 aliphatic rings. The van der Waals surface area contributed by atoms with E-state index in [0.29, 0.717) is 0 Å². The van der Waals surface area contributed by atoms with Gasteiger partial charge in [0.1, 0.15) is 0 Å². The third-order valence-electron chi connectivity index (χ3n) is 3.27. The number of anilines is 1. The molecular formula is C18H22N2O2. The van der Waals surface area contributed by atoms with Crippen LogP contribution in [0, 0.1) is 0 Å². The molecule has 0 aromatic heterocycles. The Labute approximate surface area is 131 Å². The summed E-state index contributed by atoms with van der Waals surface area (Å²) in [6.07, 6.45) is -0.742. The van der Waals surface area contributed by atoms with E-state index in [1.807, 2.05) is 68.7 Å². The molecule has 0 spiro atoms. The number of carbonyl (C=O) groups is 1. The number of amides is 1. The third-order valence-corrected chi connectivity index (χ3v) is 3.27. The SMILES string of the molecule is CN(C)Cc1cccc(NC(=O)CC(O)c2ccccc2)c1. The van der Waals surface area contributed by atoms with Crippen molar-refractivity contribution in [3.8, 4) is 0 Å². The van der Waals surface area contributed by atoms with Crippen molar-refractivity contribution in [2.75, 3.05) is 19.4 Å². The van der Waals surface area contributed by atoms with E-state index >= 15 is 0 Å². The maximum Gasteiger partial charge on any atom is 0.227 e. The maximum absolute atomic E-state index is 12.0. The summed E-state index contributed by atoms with van der Waals surface area (Å²) in [6.45, 7) is 0.816. The minimum absolute atomic E-state index is 0.0436. The van der Waals surface area contributed by atoms with Gasteiger partial charge in [-0.05, 0) is 37.4 Å². The number of rotatable bonds is 6. The van der Waals surface area contributed by atoms with Crippen LogP contribution in [0.2, 0.25) is 0 Å². The molecule has 0 aliphatic carbocycles. The summed E-state index contributed by atoms with van der Waals surface area (Å²) >= 11 is 0. The lowest BCUT2D eigenvalue weighted by atomic mass is 10.1. The fourth-order valence-corrected chi connectivity index (χ4v) is 2.29. The number of carbonyl (C=O) groups excluding carboxylic acids is 1. The van der Waals surface area contributed by atoms with Crippen LogP contribution in [0.4, 0.5) is 5.69 Å². The third kappa shape index (κ3) is 4.98. The molecule has 4 heteroatoms. The Morgan fingerprint density at radius 3 is 2.55 bits per heavy atom. The molecule has 0 fully saturated rings. The van der Waals surface area contributed by atoms with Crippen LogP contribution in [0.5, 0.6) is 0 Å². The van der Waals surface area contributed by atoms with Gasteiger partial charge in [0.2, 0.25) is 5.91 Å². The van der Waals surface area contributed by atoms with Crippen LogP contribution in [-0.4, -0.2) is 30.0 Å². The van der Waals surface area contributed by atoms with Gasteiger partial charge in [-0.25, -0.2) is 0 Å². The fraction of sp³-hybridized carbons (Fsp3) is 0.278. The van der Waals surface area contributed by atoms with Crippen molar-refractivity contribution in [1.29, 1.82) is 0 Å². The number of aliphatic hydroxyl groups excluding tert-OH is 1. The first kappa shape index (κ1) is 16.2. The first-order valence-electron chi connectivity index (χ1n) is 7.31. The van der Waals surface area contributed by atoms with E-state index in [0.717, 1.165) is 23.4 Å². The lowest BCUT2D eigenvalue weighted by molar-refractivity contribution is -0.118.